The number of fused-ring (bicyclic) bond motifs is 1. The fourth-order valence-corrected chi connectivity index (χ4v) is 4.11. The Hall–Kier alpha value is -1.45. The van der Waals surface area contributed by atoms with Gasteiger partial charge in [0.15, 0.2) is 0 Å². The standard InChI is InChI=1S/C17H17ClN2S/c1-9-5-10(2)7-13(6-9)8-14-19-16(18)15-11(3)12(4)21-17(15)20-14/h5-7H,8H2,1-4H3. The highest BCUT2D eigenvalue weighted by Gasteiger charge is 2.13. The molecule has 0 aliphatic rings. The van der Waals surface area contributed by atoms with Crippen LogP contribution in [0.25, 0.3) is 10.2 Å². The quantitative estimate of drug-likeness (QED) is 0.610. The Morgan fingerprint density at radius 2 is 1.67 bits per heavy atom. The van der Waals surface area contributed by atoms with Crippen LogP contribution >= 0.6 is 22.9 Å². The van der Waals surface area contributed by atoms with Crippen LogP contribution < -0.4 is 0 Å². The van der Waals surface area contributed by atoms with Gasteiger partial charge in [-0.05, 0) is 38.8 Å². The fraction of sp³-hybridized carbons (Fsp3) is 0.294. The Balaban J connectivity index is 2.05. The summed E-state index contributed by atoms with van der Waals surface area (Å²) in [6.07, 6.45) is 0.716. The average Bonchev–Trinajstić information content (AvgIpc) is 2.63. The highest BCUT2D eigenvalue weighted by atomic mass is 35.5. The molecule has 3 rings (SSSR count). The first kappa shape index (κ1) is 14.5. The second kappa shape index (κ2) is 5.39. The molecular formula is C17H17ClN2S. The zero-order chi connectivity index (χ0) is 15.1. The van der Waals surface area contributed by atoms with Crippen molar-refractivity contribution in [2.24, 2.45) is 0 Å². The van der Waals surface area contributed by atoms with Crippen LogP contribution in [0.1, 0.15) is 33.0 Å². The van der Waals surface area contributed by atoms with Gasteiger partial charge in [0, 0.05) is 11.3 Å². The molecule has 108 valence electrons. The molecule has 3 aromatic rings. The van der Waals surface area contributed by atoms with Crippen LogP contribution in [-0.4, -0.2) is 9.97 Å². The third-order valence-corrected chi connectivity index (χ3v) is 5.05. The van der Waals surface area contributed by atoms with E-state index >= 15 is 0 Å². The van der Waals surface area contributed by atoms with Crippen LogP contribution in [0.15, 0.2) is 18.2 Å². The van der Waals surface area contributed by atoms with Gasteiger partial charge in [-0.3, -0.25) is 0 Å². The summed E-state index contributed by atoms with van der Waals surface area (Å²) >= 11 is 8.05. The number of hydrogen-bond acceptors (Lipinski definition) is 3. The van der Waals surface area contributed by atoms with Gasteiger partial charge < -0.3 is 0 Å². The summed E-state index contributed by atoms with van der Waals surface area (Å²) < 4.78 is 0. The first-order valence-electron chi connectivity index (χ1n) is 6.93. The largest absolute Gasteiger partial charge is 0.222 e. The maximum atomic E-state index is 6.37. The molecule has 0 unspecified atom stereocenters. The second-order valence-electron chi connectivity index (χ2n) is 5.57. The Labute approximate surface area is 133 Å². The minimum Gasteiger partial charge on any atom is -0.222 e. The molecule has 0 spiro atoms. The molecule has 2 aromatic heterocycles. The van der Waals surface area contributed by atoms with E-state index in [0.29, 0.717) is 11.6 Å². The maximum absolute atomic E-state index is 6.37. The smallest absolute Gasteiger partial charge is 0.141 e. The molecule has 21 heavy (non-hydrogen) atoms. The summed E-state index contributed by atoms with van der Waals surface area (Å²) in [7, 11) is 0. The topological polar surface area (TPSA) is 25.8 Å². The van der Waals surface area contributed by atoms with Crippen molar-refractivity contribution in [1.82, 2.24) is 9.97 Å². The molecular weight excluding hydrogens is 300 g/mol. The molecule has 0 amide bonds. The lowest BCUT2D eigenvalue weighted by Crippen LogP contribution is -1.98. The van der Waals surface area contributed by atoms with Gasteiger partial charge in [0.2, 0.25) is 0 Å². The van der Waals surface area contributed by atoms with E-state index < -0.39 is 0 Å². The number of rotatable bonds is 2. The number of thiophene rings is 1. The molecule has 0 saturated carbocycles. The molecule has 0 N–H and O–H groups in total. The average molecular weight is 317 g/mol. The number of hydrogen-bond donors (Lipinski definition) is 0. The van der Waals surface area contributed by atoms with Gasteiger partial charge in [0.25, 0.3) is 0 Å². The molecule has 4 heteroatoms. The Bertz CT molecular complexity index is 816. The first-order valence-corrected chi connectivity index (χ1v) is 8.13. The van der Waals surface area contributed by atoms with Gasteiger partial charge in [0.1, 0.15) is 15.8 Å². The van der Waals surface area contributed by atoms with E-state index in [-0.39, 0.29) is 0 Å². The summed E-state index contributed by atoms with van der Waals surface area (Å²) in [6, 6.07) is 6.53. The van der Waals surface area contributed by atoms with Gasteiger partial charge in [-0.15, -0.1) is 11.3 Å². The van der Waals surface area contributed by atoms with Crippen molar-refractivity contribution in [2.45, 2.75) is 34.1 Å². The van der Waals surface area contributed by atoms with E-state index in [9.17, 15) is 0 Å². The van der Waals surface area contributed by atoms with Gasteiger partial charge in [0.05, 0.1) is 5.39 Å². The second-order valence-corrected chi connectivity index (χ2v) is 7.13. The summed E-state index contributed by atoms with van der Waals surface area (Å²) in [5, 5.41) is 1.57. The molecule has 0 fully saturated rings. The normalized spacial score (nSPS) is 11.3. The van der Waals surface area contributed by atoms with E-state index in [1.807, 2.05) is 0 Å². The van der Waals surface area contributed by atoms with Crippen molar-refractivity contribution in [3.63, 3.8) is 0 Å². The van der Waals surface area contributed by atoms with Crippen molar-refractivity contribution in [2.75, 3.05) is 0 Å². The molecule has 0 aliphatic heterocycles. The summed E-state index contributed by atoms with van der Waals surface area (Å²) in [5.74, 6) is 0.791. The van der Waals surface area contributed by atoms with Gasteiger partial charge in [-0.2, -0.15) is 0 Å². The van der Waals surface area contributed by atoms with Gasteiger partial charge in [-0.1, -0.05) is 40.9 Å². The Morgan fingerprint density at radius 1 is 1.00 bits per heavy atom. The molecule has 2 nitrogen and oxygen atoms in total. The summed E-state index contributed by atoms with van der Waals surface area (Å²) in [5.41, 5.74) is 4.95. The summed E-state index contributed by atoms with van der Waals surface area (Å²) in [6.45, 7) is 8.40. The van der Waals surface area contributed by atoms with Crippen molar-refractivity contribution < 1.29 is 0 Å². The molecule has 0 bridgehead atoms. The molecule has 1 aromatic carbocycles. The van der Waals surface area contributed by atoms with Crippen molar-refractivity contribution in [1.29, 1.82) is 0 Å². The lowest BCUT2D eigenvalue weighted by Gasteiger charge is -2.05. The van der Waals surface area contributed by atoms with Gasteiger partial charge >= 0.3 is 0 Å². The third kappa shape index (κ3) is 2.81. The number of benzene rings is 1. The van der Waals surface area contributed by atoms with Crippen LogP contribution in [-0.2, 0) is 6.42 Å². The fourth-order valence-electron chi connectivity index (χ4n) is 2.67. The monoisotopic (exact) mass is 316 g/mol. The first-order chi connectivity index (χ1) is 9.94. The van der Waals surface area contributed by atoms with E-state index in [2.05, 4.69) is 50.9 Å². The minimum absolute atomic E-state index is 0.571. The molecule has 0 aliphatic carbocycles. The van der Waals surface area contributed by atoms with Crippen molar-refractivity contribution in [3.8, 4) is 0 Å². The van der Waals surface area contributed by atoms with Crippen LogP contribution in [0, 0.1) is 27.7 Å². The SMILES string of the molecule is Cc1cc(C)cc(Cc2nc(Cl)c3c(C)c(C)sc3n2)c1. The van der Waals surface area contributed by atoms with Crippen molar-refractivity contribution >= 4 is 33.2 Å². The van der Waals surface area contributed by atoms with Crippen LogP contribution in [0.3, 0.4) is 0 Å². The predicted molar refractivity (Wildman–Crippen MR) is 90.6 cm³/mol. The summed E-state index contributed by atoms with van der Waals surface area (Å²) in [4.78, 5) is 11.4. The third-order valence-electron chi connectivity index (χ3n) is 3.67. The van der Waals surface area contributed by atoms with Gasteiger partial charge in [-0.25, -0.2) is 9.97 Å². The number of nitrogens with zero attached hydrogens (tertiary/aromatic N) is 2. The predicted octanol–water partition coefficient (Wildman–Crippen LogP) is 5.17. The molecule has 2 heterocycles. The van der Waals surface area contributed by atoms with E-state index in [0.717, 1.165) is 16.0 Å². The highest BCUT2D eigenvalue weighted by molar-refractivity contribution is 7.18. The number of halogens is 1. The Morgan fingerprint density at radius 3 is 2.33 bits per heavy atom. The van der Waals surface area contributed by atoms with E-state index in [4.69, 9.17) is 16.6 Å². The number of aryl methyl sites for hydroxylation is 4. The van der Waals surface area contributed by atoms with E-state index in [1.165, 1.54) is 27.1 Å². The van der Waals surface area contributed by atoms with Crippen LogP contribution in [0.2, 0.25) is 5.15 Å². The number of aromatic nitrogens is 2. The lowest BCUT2D eigenvalue weighted by atomic mass is 10.0. The molecule has 0 radical (unpaired) electrons. The van der Waals surface area contributed by atoms with E-state index in [1.54, 1.807) is 11.3 Å². The lowest BCUT2D eigenvalue weighted by molar-refractivity contribution is 0.992. The van der Waals surface area contributed by atoms with Crippen LogP contribution in [0.4, 0.5) is 0 Å². The Kier molecular flexibility index (Phi) is 3.72. The molecule has 0 atom stereocenters. The van der Waals surface area contributed by atoms with Crippen molar-refractivity contribution in [3.05, 3.63) is 56.3 Å². The zero-order valence-electron chi connectivity index (χ0n) is 12.6. The molecule has 0 saturated heterocycles. The highest BCUT2D eigenvalue weighted by Crippen LogP contribution is 2.33. The minimum atomic E-state index is 0.571. The zero-order valence-corrected chi connectivity index (χ0v) is 14.2. The van der Waals surface area contributed by atoms with Crippen LogP contribution in [0.5, 0.6) is 0 Å². The maximum Gasteiger partial charge on any atom is 0.141 e.